The second-order valence-electron chi connectivity index (χ2n) is 6.80. The molecule has 1 aromatic heterocycles. The first-order chi connectivity index (χ1) is 12.5. The number of fused-ring (bicyclic) bond motifs is 1. The predicted octanol–water partition coefficient (Wildman–Crippen LogP) is 3.16. The number of aryl methyl sites for hydroxylation is 1. The number of piperazine rings is 1. The molecule has 7 heteroatoms. The van der Waals surface area contributed by atoms with Crippen LogP contribution in [0.3, 0.4) is 0 Å². The molecule has 0 aliphatic carbocycles. The first kappa shape index (κ1) is 19.7. The Balaban J connectivity index is 0.00000210. The standard InChI is InChI=1S/C20H23N3O2S.ClH/c1-16-5-7-17(8-6-16)15-26(24,25)23-12-9-18-19(3-2-4-20(18)23)22-13-10-21-11-14-22;/h2-9,12,21H,10-11,13-15H2,1H3;1H. The first-order valence-corrected chi connectivity index (χ1v) is 10.5. The van der Waals surface area contributed by atoms with Gasteiger partial charge in [0, 0.05) is 43.4 Å². The fourth-order valence-corrected chi connectivity index (χ4v) is 4.97. The number of anilines is 1. The average Bonchev–Trinajstić information content (AvgIpc) is 3.09. The summed E-state index contributed by atoms with van der Waals surface area (Å²) in [5.74, 6) is -0.00504. The van der Waals surface area contributed by atoms with Crippen LogP contribution >= 0.6 is 12.4 Å². The number of halogens is 1. The van der Waals surface area contributed by atoms with Crippen LogP contribution < -0.4 is 10.2 Å². The van der Waals surface area contributed by atoms with Gasteiger partial charge in [-0.15, -0.1) is 12.4 Å². The molecule has 3 aromatic rings. The van der Waals surface area contributed by atoms with Crippen molar-refractivity contribution in [3.8, 4) is 0 Å². The summed E-state index contributed by atoms with van der Waals surface area (Å²) in [5.41, 5.74) is 3.77. The number of hydrogen-bond donors (Lipinski definition) is 1. The molecule has 1 fully saturated rings. The zero-order valence-electron chi connectivity index (χ0n) is 15.3. The molecular weight excluding hydrogens is 382 g/mol. The van der Waals surface area contributed by atoms with Crippen LogP contribution in [0.25, 0.3) is 10.9 Å². The van der Waals surface area contributed by atoms with Crippen LogP contribution in [0.5, 0.6) is 0 Å². The molecule has 5 nitrogen and oxygen atoms in total. The minimum atomic E-state index is -3.47. The highest BCUT2D eigenvalue weighted by molar-refractivity contribution is 7.89. The molecule has 1 aliphatic rings. The fraction of sp³-hybridized carbons (Fsp3) is 0.300. The Morgan fingerprint density at radius 2 is 1.70 bits per heavy atom. The molecule has 0 unspecified atom stereocenters. The van der Waals surface area contributed by atoms with Crippen molar-refractivity contribution in [2.45, 2.75) is 12.7 Å². The van der Waals surface area contributed by atoms with E-state index in [9.17, 15) is 8.42 Å². The van der Waals surface area contributed by atoms with Crippen molar-refractivity contribution in [1.82, 2.24) is 9.29 Å². The summed E-state index contributed by atoms with van der Waals surface area (Å²) in [6.07, 6.45) is 1.68. The molecule has 0 saturated carbocycles. The van der Waals surface area contributed by atoms with E-state index in [0.29, 0.717) is 0 Å². The second-order valence-corrected chi connectivity index (χ2v) is 8.65. The van der Waals surface area contributed by atoms with E-state index in [1.165, 1.54) is 3.97 Å². The van der Waals surface area contributed by atoms with Crippen molar-refractivity contribution < 1.29 is 8.42 Å². The number of hydrogen-bond acceptors (Lipinski definition) is 4. The highest BCUT2D eigenvalue weighted by atomic mass is 35.5. The van der Waals surface area contributed by atoms with Gasteiger partial charge in [-0.25, -0.2) is 12.4 Å². The topological polar surface area (TPSA) is 54.3 Å². The van der Waals surface area contributed by atoms with Crippen LogP contribution in [0, 0.1) is 6.92 Å². The van der Waals surface area contributed by atoms with Gasteiger partial charge in [-0.3, -0.25) is 0 Å². The average molecular weight is 406 g/mol. The van der Waals surface area contributed by atoms with Gasteiger partial charge in [0.25, 0.3) is 0 Å². The van der Waals surface area contributed by atoms with Crippen LogP contribution in [0.15, 0.2) is 54.7 Å². The van der Waals surface area contributed by atoms with Gasteiger partial charge in [0.15, 0.2) is 0 Å². The Kier molecular flexibility index (Phi) is 5.79. The summed E-state index contributed by atoms with van der Waals surface area (Å²) in [6.45, 7) is 5.75. The molecule has 0 spiro atoms. The quantitative estimate of drug-likeness (QED) is 0.724. The number of nitrogens with one attached hydrogen (secondary N) is 1. The van der Waals surface area contributed by atoms with Gasteiger partial charge in [0.1, 0.15) is 0 Å². The molecule has 144 valence electrons. The molecular formula is C20H24ClN3O2S. The highest BCUT2D eigenvalue weighted by Crippen LogP contribution is 2.29. The van der Waals surface area contributed by atoms with Crippen LogP contribution in [0.2, 0.25) is 0 Å². The summed E-state index contributed by atoms with van der Waals surface area (Å²) >= 11 is 0. The third-order valence-corrected chi connectivity index (χ3v) is 6.52. The van der Waals surface area contributed by atoms with Crippen LogP contribution in [0.1, 0.15) is 11.1 Å². The molecule has 1 aliphatic heterocycles. The lowest BCUT2D eigenvalue weighted by atomic mass is 10.2. The SMILES string of the molecule is Cc1ccc(CS(=O)(=O)n2ccc3c(N4CCNCC4)cccc32)cc1.Cl. The number of nitrogens with zero attached hydrogens (tertiary/aromatic N) is 2. The highest BCUT2D eigenvalue weighted by Gasteiger charge is 2.20. The van der Waals surface area contributed by atoms with E-state index in [1.54, 1.807) is 6.20 Å². The Bertz CT molecular complexity index is 1020. The van der Waals surface area contributed by atoms with Gasteiger partial charge in [0.2, 0.25) is 10.0 Å². The van der Waals surface area contributed by atoms with Crippen molar-refractivity contribution in [2.24, 2.45) is 0 Å². The summed E-state index contributed by atoms with van der Waals surface area (Å²) in [7, 11) is -3.47. The van der Waals surface area contributed by atoms with E-state index in [-0.39, 0.29) is 18.2 Å². The zero-order chi connectivity index (χ0) is 18.1. The van der Waals surface area contributed by atoms with Gasteiger partial charge in [-0.2, -0.15) is 0 Å². The molecule has 0 atom stereocenters. The molecule has 27 heavy (non-hydrogen) atoms. The van der Waals surface area contributed by atoms with Crippen molar-refractivity contribution in [3.05, 3.63) is 65.9 Å². The van der Waals surface area contributed by atoms with Gasteiger partial charge >= 0.3 is 0 Å². The molecule has 0 amide bonds. The molecule has 0 bridgehead atoms. The Labute approximate surface area is 166 Å². The zero-order valence-corrected chi connectivity index (χ0v) is 16.9. The van der Waals surface area contributed by atoms with Gasteiger partial charge in [-0.05, 0) is 30.7 Å². The molecule has 1 saturated heterocycles. The predicted molar refractivity (Wildman–Crippen MR) is 113 cm³/mol. The lowest BCUT2D eigenvalue weighted by Crippen LogP contribution is -2.43. The number of rotatable bonds is 4. The Morgan fingerprint density at radius 3 is 2.41 bits per heavy atom. The van der Waals surface area contributed by atoms with E-state index in [0.717, 1.165) is 53.9 Å². The molecule has 1 N–H and O–H groups in total. The minimum Gasteiger partial charge on any atom is -0.368 e. The molecule has 2 heterocycles. The molecule has 4 rings (SSSR count). The summed E-state index contributed by atoms with van der Waals surface area (Å²) < 4.78 is 27.4. The maximum Gasteiger partial charge on any atom is 0.243 e. The normalized spacial score (nSPS) is 14.9. The number of benzene rings is 2. The summed E-state index contributed by atoms with van der Waals surface area (Å²) in [6, 6.07) is 15.5. The molecule has 2 aromatic carbocycles. The van der Waals surface area contributed by atoms with Crippen molar-refractivity contribution in [2.75, 3.05) is 31.1 Å². The third-order valence-electron chi connectivity index (χ3n) is 4.90. The third kappa shape index (κ3) is 3.98. The van der Waals surface area contributed by atoms with Gasteiger partial charge < -0.3 is 10.2 Å². The van der Waals surface area contributed by atoms with E-state index < -0.39 is 10.0 Å². The maximum absolute atomic E-state index is 13.0. The first-order valence-electron chi connectivity index (χ1n) is 8.89. The van der Waals surface area contributed by atoms with Gasteiger partial charge in [0.05, 0.1) is 11.3 Å². The molecule has 0 radical (unpaired) electrons. The largest absolute Gasteiger partial charge is 0.368 e. The van der Waals surface area contributed by atoms with Crippen molar-refractivity contribution in [1.29, 1.82) is 0 Å². The lowest BCUT2D eigenvalue weighted by molar-refractivity contribution is 0.588. The summed E-state index contributed by atoms with van der Waals surface area (Å²) in [5, 5.41) is 4.34. The fourth-order valence-electron chi connectivity index (χ4n) is 3.52. The van der Waals surface area contributed by atoms with E-state index in [2.05, 4.69) is 16.3 Å². The number of aromatic nitrogens is 1. The van der Waals surface area contributed by atoms with Crippen LogP contribution in [-0.4, -0.2) is 38.6 Å². The van der Waals surface area contributed by atoms with E-state index in [1.807, 2.05) is 49.4 Å². The van der Waals surface area contributed by atoms with Crippen LogP contribution in [-0.2, 0) is 15.8 Å². The minimum absolute atomic E-state index is 0. The Morgan fingerprint density at radius 1 is 1.00 bits per heavy atom. The lowest BCUT2D eigenvalue weighted by Gasteiger charge is -2.30. The van der Waals surface area contributed by atoms with E-state index in [4.69, 9.17) is 0 Å². The maximum atomic E-state index is 13.0. The van der Waals surface area contributed by atoms with Crippen molar-refractivity contribution >= 4 is 39.0 Å². The Hall–Kier alpha value is -2.02. The van der Waals surface area contributed by atoms with E-state index >= 15 is 0 Å². The summed E-state index contributed by atoms with van der Waals surface area (Å²) in [4.78, 5) is 2.32. The monoisotopic (exact) mass is 405 g/mol. The van der Waals surface area contributed by atoms with Crippen molar-refractivity contribution in [3.63, 3.8) is 0 Å². The van der Waals surface area contributed by atoms with Gasteiger partial charge in [-0.1, -0.05) is 35.9 Å². The second kappa shape index (κ2) is 7.92. The smallest absolute Gasteiger partial charge is 0.243 e. The van der Waals surface area contributed by atoms with Crippen LogP contribution in [0.4, 0.5) is 5.69 Å².